The molecule has 33 heavy (non-hydrogen) atoms. The van der Waals surface area contributed by atoms with Gasteiger partial charge in [0.2, 0.25) is 5.91 Å². The topological polar surface area (TPSA) is 134 Å². The molecule has 0 unspecified atom stereocenters. The zero-order valence-electron chi connectivity index (χ0n) is 18.1. The Morgan fingerprint density at radius 1 is 1.15 bits per heavy atom. The number of nitrogens with zero attached hydrogens (tertiary/aromatic N) is 3. The molecule has 0 spiro atoms. The Hall–Kier alpha value is -3.95. The molecule has 1 amide bonds. The number of hydrogen-bond acceptors (Lipinski definition) is 6. The number of carbonyl (C=O) groups is 2. The molecular weight excluding hydrogens is 426 g/mol. The number of hydrogen-bond donors (Lipinski definition) is 2. The molecule has 4 aromatic rings. The Balaban J connectivity index is 1.20. The number of benzene rings is 1. The first-order valence-corrected chi connectivity index (χ1v) is 10.9. The van der Waals surface area contributed by atoms with Gasteiger partial charge in [0, 0.05) is 43.7 Å². The second-order valence-corrected chi connectivity index (χ2v) is 8.39. The number of amides is 1. The molecule has 5 rings (SSSR count). The number of aromatic amines is 2. The van der Waals surface area contributed by atoms with Crippen LogP contribution in [0.4, 0.5) is 0 Å². The van der Waals surface area contributed by atoms with Gasteiger partial charge in [0.15, 0.2) is 17.0 Å². The standard InChI is InChI=1S/C23H23N5O5/c1-13-11-14(12-18-20(13)25-23(32)33-18)17(29)4-5-19(30)27-9-6-15(7-10-27)28-16-3-2-8-24-21(16)26-22(28)31/h2-3,8,11-12,15H,4-7,9-10H2,1H3,(H,25,32)(H,24,26,31). The lowest BCUT2D eigenvalue weighted by Crippen LogP contribution is -2.40. The van der Waals surface area contributed by atoms with Crippen molar-refractivity contribution in [3.63, 3.8) is 0 Å². The molecule has 170 valence electrons. The fraction of sp³-hybridized carbons (Fsp3) is 0.348. The third kappa shape index (κ3) is 3.88. The average Bonchev–Trinajstić information content (AvgIpc) is 3.35. The highest BCUT2D eigenvalue weighted by molar-refractivity contribution is 6.00. The molecule has 0 radical (unpaired) electrons. The minimum atomic E-state index is -0.567. The number of rotatable bonds is 5. The van der Waals surface area contributed by atoms with Crippen LogP contribution in [0.5, 0.6) is 0 Å². The number of imidazole rings is 1. The Bertz CT molecular complexity index is 1480. The lowest BCUT2D eigenvalue weighted by molar-refractivity contribution is -0.132. The lowest BCUT2D eigenvalue weighted by Gasteiger charge is -2.32. The van der Waals surface area contributed by atoms with E-state index < -0.39 is 5.76 Å². The van der Waals surface area contributed by atoms with E-state index in [1.54, 1.807) is 34.7 Å². The normalized spacial score (nSPS) is 14.9. The molecule has 10 heteroatoms. The van der Waals surface area contributed by atoms with E-state index in [0.29, 0.717) is 48.2 Å². The lowest BCUT2D eigenvalue weighted by atomic mass is 10.0. The third-order valence-electron chi connectivity index (χ3n) is 6.29. The monoisotopic (exact) mass is 449 g/mol. The molecule has 0 bridgehead atoms. The highest BCUT2D eigenvalue weighted by Crippen LogP contribution is 2.25. The fourth-order valence-corrected chi connectivity index (χ4v) is 4.60. The summed E-state index contributed by atoms with van der Waals surface area (Å²) in [5.74, 6) is -0.826. The average molecular weight is 449 g/mol. The smallest absolute Gasteiger partial charge is 0.408 e. The number of oxazole rings is 1. The van der Waals surface area contributed by atoms with E-state index >= 15 is 0 Å². The van der Waals surface area contributed by atoms with Gasteiger partial charge in [0.1, 0.15) is 0 Å². The molecule has 2 N–H and O–H groups in total. The Morgan fingerprint density at radius 3 is 2.73 bits per heavy atom. The van der Waals surface area contributed by atoms with E-state index in [2.05, 4.69) is 15.0 Å². The summed E-state index contributed by atoms with van der Waals surface area (Å²) in [5.41, 5.74) is 3.19. The van der Waals surface area contributed by atoms with Crippen LogP contribution in [0.3, 0.4) is 0 Å². The van der Waals surface area contributed by atoms with Crippen LogP contribution in [-0.4, -0.2) is 49.2 Å². The fourth-order valence-electron chi connectivity index (χ4n) is 4.60. The first-order chi connectivity index (χ1) is 15.9. The molecule has 1 aromatic carbocycles. The number of aromatic nitrogens is 4. The maximum Gasteiger partial charge on any atom is 0.417 e. The molecule has 0 atom stereocenters. The maximum absolute atomic E-state index is 12.7. The molecule has 1 saturated heterocycles. The predicted molar refractivity (Wildman–Crippen MR) is 120 cm³/mol. The minimum Gasteiger partial charge on any atom is -0.408 e. The minimum absolute atomic E-state index is 0.00755. The number of piperidine rings is 1. The summed E-state index contributed by atoms with van der Waals surface area (Å²) in [7, 11) is 0. The summed E-state index contributed by atoms with van der Waals surface area (Å²) < 4.78 is 6.79. The summed E-state index contributed by atoms with van der Waals surface area (Å²) in [4.78, 5) is 60.5. The highest BCUT2D eigenvalue weighted by Gasteiger charge is 2.26. The van der Waals surface area contributed by atoms with Crippen LogP contribution in [-0.2, 0) is 4.79 Å². The largest absolute Gasteiger partial charge is 0.417 e. The second-order valence-electron chi connectivity index (χ2n) is 8.39. The van der Waals surface area contributed by atoms with Crippen LogP contribution in [0.25, 0.3) is 22.3 Å². The molecule has 1 aliphatic rings. The summed E-state index contributed by atoms with van der Waals surface area (Å²) in [6.07, 6.45) is 3.13. The van der Waals surface area contributed by atoms with Gasteiger partial charge in [0.05, 0.1) is 11.0 Å². The molecule has 4 heterocycles. The molecule has 1 aliphatic heterocycles. The van der Waals surface area contributed by atoms with Gasteiger partial charge >= 0.3 is 11.4 Å². The van der Waals surface area contributed by atoms with Crippen molar-refractivity contribution < 1.29 is 14.0 Å². The van der Waals surface area contributed by atoms with Crippen LogP contribution in [0, 0.1) is 6.92 Å². The van der Waals surface area contributed by atoms with Crippen molar-refractivity contribution in [1.82, 2.24) is 24.4 Å². The van der Waals surface area contributed by atoms with Gasteiger partial charge in [-0.2, -0.15) is 0 Å². The van der Waals surface area contributed by atoms with Crippen molar-refractivity contribution in [2.45, 2.75) is 38.6 Å². The number of nitrogens with one attached hydrogen (secondary N) is 2. The number of fused-ring (bicyclic) bond motifs is 2. The van der Waals surface area contributed by atoms with Crippen LogP contribution < -0.4 is 11.4 Å². The van der Waals surface area contributed by atoms with E-state index in [1.807, 2.05) is 6.07 Å². The van der Waals surface area contributed by atoms with E-state index in [4.69, 9.17) is 4.42 Å². The summed E-state index contributed by atoms with van der Waals surface area (Å²) in [6, 6.07) is 6.88. The summed E-state index contributed by atoms with van der Waals surface area (Å²) >= 11 is 0. The molecule has 3 aromatic heterocycles. The van der Waals surface area contributed by atoms with Crippen molar-refractivity contribution in [3.05, 3.63) is 62.6 Å². The van der Waals surface area contributed by atoms with Gasteiger partial charge in [0.25, 0.3) is 0 Å². The van der Waals surface area contributed by atoms with Gasteiger partial charge < -0.3 is 9.32 Å². The van der Waals surface area contributed by atoms with Gasteiger partial charge in [-0.15, -0.1) is 0 Å². The van der Waals surface area contributed by atoms with Gasteiger partial charge in [-0.3, -0.25) is 24.1 Å². The zero-order valence-corrected chi connectivity index (χ0v) is 18.1. The second kappa shape index (κ2) is 8.19. The van der Waals surface area contributed by atoms with E-state index in [9.17, 15) is 19.2 Å². The highest BCUT2D eigenvalue weighted by atomic mass is 16.4. The van der Waals surface area contributed by atoms with Crippen LogP contribution in [0.15, 0.2) is 44.5 Å². The van der Waals surface area contributed by atoms with E-state index in [0.717, 1.165) is 11.1 Å². The van der Waals surface area contributed by atoms with E-state index in [1.165, 1.54) is 6.07 Å². The SMILES string of the molecule is Cc1cc(C(=O)CCC(=O)N2CCC(n3c(=O)[nH]c4ncccc43)CC2)cc2oc(=O)[nH]c12. The number of pyridine rings is 1. The quantitative estimate of drug-likeness (QED) is 0.449. The number of ketones is 1. The Labute approximate surface area is 187 Å². The maximum atomic E-state index is 12.7. The molecule has 0 saturated carbocycles. The molecule has 0 aliphatic carbocycles. The number of likely N-dealkylation sites (tertiary alicyclic amines) is 1. The number of H-pyrrole nitrogens is 2. The van der Waals surface area contributed by atoms with Crippen molar-refractivity contribution in [1.29, 1.82) is 0 Å². The van der Waals surface area contributed by atoms with Crippen LogP contribution in [0.2, 0.25) is 0 Å². The predicted octanol–water partition coefficient (Wildman–Crippen LogP) is 2.29. The number of aryl methyl sites for hydroxylation is 1. The molecule has 1 fully saturated rings. The summed E-state index contributed by atoms with van der Waals surface area (Å²) in [5, 5.41) is 0. The van der Waals surface area contributed by atoms with Crippen LogP contribution in [0.1, 0.15) is 47.6 Å². The summed E-state index contributed by atoms with van der Waals surface area (Å²) in [6.45, 7) is 2.84. The molecule has 10 nitrogen and oxygen atoms in total. The van der Waals surface area contributed by atoms with Crippen molar-refractivity contribution in [3.8, 4) is 0 Å². The zero-order chi connectivity index (χ0) is 23.1. The van der Waals surface area contributed by atoms with Crippen molar-refractivity contribution in [2.24, 2.45) is 0 Å². The Morgan fingerprint density at radius 2 is 1.94 bits per heavy atom. The Kier molecular flexibility index (Phi) is 5.20. The van der Waals surface area contributed by atoms with Gasteiger partial charge in [-0.1, -0.05) is 0 Å². The van der Waals surface area contributed by atoms with Crippen LogP contribution >= 0.6 is 0 Å². The van der Waals surface area contributed by atoms with Crippen molar-refractivity contribution >= 4 is 34.0 Å². The van der Waals surface area contributed by atoms with Gasteiger partial charge in [-0.25, -0.2) is 14.6 Å². The number of Topliss-reactive ketones (excluding diaryl/α,β-unsaturated/α-hetero) is 1. The van der Waals surface area contributed by atoms with Gasteiger partial charge in [-0.05, 0) is 49.6 Å². The van der Waals surface area contributed by atoms with E-state index in [-0.39, 0.29) is 36.3 Å². The third-order valence-corrected chi connectivity index (χ3v) is 6.29. The number of carbonyl (C=O) groups excluding carboxylic acids is 2. The first kappa shape index (κ1) is 20.9. The first-order valence-electron chi connectivity index (χ1n) is 10.9. The molecular formula is C23H23N5O5. The van der Waals surface area contributed by atoms with Crippen molar-refractivity contribution in [2.75, 3.05) is 13.1 Å².